The van der Waals surface area contributed by atoms with Gasteiger partial charge < -0.3 is 15.0 Å². The number of aromatic nitrogens is 2. The lowest BCUT2D eigenvalue weighted by Gasteiger charge is -2.05. The van der Waals surface area contributed by atoms with Crippen molar-refractivity contribution >= 4 is 5.69 Å². The zero-order valence-electron chi connectivity index (χ0n) is 14.2. The van der Waals surface area contributed by atoms with E-state index in [-0.39, 0.29) is 0 Å². The van der Waals surface area contributed by atoms with Crippen molar-refractivity contribution in [2.75, 3.05) is 5.73 Å². The van der Waals surface area contributed by atoms with Crippen molar-refractivity contribution < 1.29 is 9.26 Å². The molecule has 0 atom stereocenters. The van der Waals surface area contributed by atoms with Crippen molar-refractivity contribution in [2.45, 2.75) is 6.92 Å². The van der Waals surface area contributed by atoms with Crippen LogP contribution >= 0.6 is 0 Å². The highest BCUT2D eigenvalue weighted by Crippen LogP contribution is 2.27. The predicted molar refractivity (Wildman–Crippen MR) is 101 cm³/mol. The lowest BCUT2D eigenvalue weighted by molar-refractivity contribution is 0.432. The first-order chi connectivity index (χ1) is 12.7. The van der Waals surface area contributed by atoms with Crippen LogP contribution in [-0.2, 0) is 0 Å². The summed E-state index contributed by atoms with van der Waals surface area (Å²) in [6.07, 6.45) is 0. The Morgan fingerprint density at radius 2 is 1.54 bits per heavy atom. The van der Waals surface area contributed by atoms with Gasteiger partial charge in [0.15, 0.2) is 0 Å². The second-order valence-corrected chi connectivity index (χ2v) is 5.93. The highest BCUT2D eigenvalue weighted by molar-refractivity contribution is 5.63. The summed E-state index contributed by atoms with van der Waals surface area (Å²) >= 11 is 0. The van der Waals surface area contributed by atoms with Gasteiger partial charge in [0, 0.05) is 16.8 Å². The van der Waals surface area contributed by atoms with Crippen molar-refractivity contribution in [3.05, 3.63) is 78.4 Å². The molecule has 0 saturated heterocycles. The Morgan fingerprint density at radius 1 is 0.846 bits per heavy atom. The third-order valence-corrected chi connectivity index (χ3v) is 4.03. The Labute approximate surface area is 151 Å². The largest absolute Gasteiger partial charge is 0.457 e. The van der Waals surface area contributed by atoms with Crippen LogP contribution in [0.3, 0.4) is 0 Å². The fourth-order valence-corrected chi connectivity index (χ4v) is 2.56. The summed E-state index contributed by atoms with van der Waals surface area (Å²) in [6, 6.07) is 22.9. The average Bonchev–Trinajstić information content (AvgIpc) is 3.16. The van der Waals surface area contributed by atoms with E-state index in [0.29, 0.717) is 11.7 Å². The fourth-order valence-electron chi connectivity index (χ4n) is 2.56. The molecule has 0 fully saturated rings. The maximum Gasteiger partial charge on any atom is 0.258 e. The fraction of sp³-hybridized carbons (Fsp3) is 0.0476. The van der Waals surface area contributed by atoms with Crippen LogP contribution in [0, 0.1) is 6.92 Å². The lowest BCUT2D eigenvalue weighted by Crippen LogP contribution is -1.89. The van der Waals surface area contributed by atoms with E-state index in [1.165, 1.54) is 0 Å². The van der Waals surface area contributed by atoms with Crippen LogP contribution in [0.1, 0.15) is 5.56 Å². The van der Waals surface area contributed by atoms with E-state index in [9.17, 15) is 0 Å². The minimum absolute atomic E-state index is 0.465. The topological polar surface area (TPSA) is 74.2 Å². The summed E-state index contributed by atoms with van der Waals surface area (Å²) in [5, 5.41) is 4.07. The molecule has 0 unspecified atom stereocenters. The molecule has 0 bridgehead atoms. The number of hydrogen-bond donors (Lipinski definition) is 1. The number of para-hydroxylation sites is 1. The van der Waals surface area contributed by atoms with Crippen LogP contribution in [-0.4, -0.2) is 10.1 Å². The van der Waals surface area contributed by atoms with Gasteiger partial charge in [0.2, 0.25) is 5.82 Å². The molecule has 0 spiro atoms. The molecule has 0 aliphatic heterocycles. The van der Waals surface area contributed by atoms with Gasteiger partial charge >= 0.3 is 0 Å². The molecule has 128 valence electrons. The molecule has 0 aliphatic carbocycles. The van der Waals surface area contributed by atoms with Crippen LogP contribution in [0.2, 0.25) is 0 Å². The van der Waals surface area contributed by atoms with Crippen molar-refractivity contribution in [1.29, 1.82) is 0 Å². The molecule has 3 aromatic carbocycles. The zero-order chi connectivity index (χ0) is 17.9. The molecule has 26 heavy (non-hydrogen) atoms. The quantitative estimate of drug-likeness (QED) is 0.523. The molecule has 1 aromatic heterocycles. The van der Waals surface area contributed by atoms with E-state index in [4.69, 9.17) is 15.0 Å². The maximum absolute atomic E-state index is 5.85. The predicted octanol–water partition coefficient (Wildman–Crippen LogP) is 5.09. The third kappa shape index (κ3) is 3.28. The van der Waals surface area contributed by atoms with Gasteiger partial charge in [-0.2, -0.15) is 4.98 Å². The normalized spacial score (nSPS) is 10.7. The number of aryl methyl sites for hydroxylation is 1. The van der Waals surface area contributed by atoms with Crippen LogP contribution in [0.25, 0.3) is 22.8 Å². The molecule has 0 saturated carbocycles. The summed E-state index contributed by atoms with van der Waals surface area (Å²) in [5.74, 6) is 2.53. The number of anilines is 1. The molecule has 0 amide bonds. The molecular weight excluding hydrogens is 326 g/mol. The van der Waals surface area contributed by atoms with Gasteiger partial charge in [-0.05, 0) is 67.1 Å². The van der Waals surface area contributed by atoms with E-state index in [2.05, 4.69) is 10.1 Å². The molecular formula is C21H17N3O2. The van der Waals surface area contributed by atoms with Crippen molar-refractivity contribution in [3.8, 4) is 34.3 Å². The first-order valence-electron chi connectivity index (χ1n) is 8.22. The standard InChI is InChI=1S/C21H17N3O2/c1-14-13-16(9-12-19(14)22)21-23-20(24-26-21)15-7-10-18(11-8-15)25-17-5-3-2-4-6-17/h2-13H,22H2,1H3. The monoisotopic (exact) mass is 343 g/mol. The van der Waals surface area contributed by atoms with Gasteiger partial charge in [0.1, 0.15) is 11.5 Å². The Bertz CT molecular complexity index is 1020. The number of nitrogens with two attached hydrogens (primary N) is 1. The first-order valence-corrected chi connectivity index (χ1v) is 8.22. The SMILES string of the molecule is Cc1cc(-c2nc(-c3ccc(Oc4ccccc4)cc3)no2)ccc1N. The molecule has 1 heterocycles. The number of nitrogens with zero attached hydrogens (tertiary/aromatic N) is 2. The average molecular weight is 343 g/mol. The molecule has 5 nitrogen and oxygen atoms in total. The summed E-state index contributed by atoms with van der Waals surface area (Å²) in [6.45, 7) is 1.95. The molecule has 4 aromatic rings. The summed E-state index contributed by atoms with van der Waals surface area (Å²) in [4.78, 5) is 4.48. The second kappa shape index (κ2) is 6.72. The summed E-state index contributed by atoms with van der Waals surface area (Å²) in [7, 11) is 0. The highest BCUT2D eigenvalue weighted by atomic mass is 16.5. The number of ether oxygens (including phenoxy) is 1. The van der Waals surface area contributed by atoms with Gasteiger partial charge in [-0.3, -0.25) is 0 Å². The minimum atomic E-state index is 0.465. The van der Waals surface area contributed by atoms with Gasteiger partial charge in [0.25, 0.3) is 5.89 Å². The second-order valence-electron chi connectivity index (χ2n) is 5.93. The minimum Gasteiger partial charge on any atom is -0.457 e. The van der Waals surface area contributed by atoms with E-state index in [1.54, 1.807) is 0 Å². The number of hydrogen-bond acceptors (Lipinski definition) is 5. The Hall–Kier alpha value is -3.60. The van der Waals surface area contributed by atoms with Crippen LogP contribution in [0.5, 0.6) is 11.5 Å². The van der Waals surface area contributed by atoms with Gasteiger partial charge in [0.05, 0.1) is 0 Å². The number of rotatable bonds is 4. The molecule has 0 radical (unpaired) electrons. The molecule has 2 N–H and O–H groups in total. The Morgan fingerprint density at radius 3 is 2.27 bits per heavy atom. The van der Waals surface area contributed by atoms with E-state index < -0.39 is 0 Å². The van der Waals surface area contributed by atoms with Gasteiger partial charge in [-0.25, -0.2) is 0 Å². The zero-order valence-corrected chi connectivity index (χ0v) is 14.2. The molecule has 0 aliphatic rings. The highest BCUT2D eigenvalue weighted by Gasteiger charge is 2.11. The summed E-state index contributed by atoms with van der Waals surface area (Å²) < 4.78 is 11.2. The van der Waals surface area contributed by atoms with E-state index >= 15 is 0 Å². The number of nitrogen functional groups attached to an aromatic ring is 1. The molecule has 5 heteroatoms. The van der Waals surface area contributed by atoms with E-state index in [1.807, 2.05) is 79.7 Å². The Balaban J connectivity index is 1.55. The van der Waals surface area contributed by atoms with Crippen LogP contribution in [0.4, 0.5) is 5.69 Å². The smallest absolute Gasteiger partial charge is 0.258 e. The lowest BCUT2D eigenvalue weighted by atomic mass is 10.1. The number of benzene rings is 3. The first kappa shape index (κ1) is 15.9. The van der Waals surface area contributed by atoms with Crippen LogP contribution < -0.4 is 10.5 Å². The van der Waals surface area contributed by atoms with Crippen molar-refractivity contribution in [1.82, 2.24) is 10.1 Å². The van der Waals surface area contributed by atoms with Crippen molar-refractivity contribution in [2.24, 2.45) is 0 Å². The van der Waals surface area contributed by atoms with Gasteiger partial charge in [-0.1, -0.05) is 23.4 Å². The molecule has 4 rings (SSSR count). The van der Waals surface area contributed by atoms with Crippen molar-refractivity contribution in [3.63, 3.8) is 0 Å². The van der Waals surface area contributed by atoms with Crippen LogP contribution in [0.15, 0.2) is 77.3 Å². The maximum atomic E-state index is 5.85. The summed E-state index contributed by atoms with van der Waals surface area (Å²) in [5.41, 5.74) is 9.27. The third-order valence-electron chi connectivity index (χ3n) is 4.03. The van der Waals surface area contributed by atoms with E-state index in [0.717, 1.165) is 33.9 Å². The van der Waals surface area contributed by atoms with Gasteiger partial charge in [-0.15, -0.1) is 0 Å². The Kier molecular flexibility index (Phi) is 4.11.